The van der Waals surface area contributed by atoms with Crippen LogP contribution in [0.5, 0.6) is 0 Å². The molecule has 2 saturated heterocycles. The Morgan fingerprint density at radius 3 is 2.88 bits per heavy atom. The highest BCUT2D eigenvalue weighted by atomic mass is 16.5. The number of carbonyl (C=O) groups excluding carboxylic acids is 1. The molecule has 1 aromatic carbocycles. The second-order valence-electron chi connectivity index (χ2n) is 6.87. The number of nitrogens with zero attached hydrogens (tertiary/aromatic N) is 4. The first-order valence-electron chi connectivity index (χ1n) is 8.73. The SMILES string of the molecule is O=C(c1cccc(-n2ccnn2)c1)N1CCC2(CC1)CC(O)CCO2. The maximum Gasteiger partial charge on any atom is 0.253 e. The van der Waals surface area contributed by atoms with Crippen LogP contribution >= 0.6 is 0 Å². The third-order valence-electron chi connectivity index (χ3n) is 5.21. The van der Waals surface area contributed by atoms with Crippen LogP contribution in [0.3, 0.4) is 0 Å². The minimum Gasteiger partial charge on any atom is -0.393 e. The number of benzene rings is 1. The zero-order valence-corrected chi connectivity index (χ0v) is 14.0. The summed E-state index contributed by atoms with van der Waals surface area (Å²) in [6.07, 6.45) is 6.01. The third-order valence-corrected chi connectivity index (χ3v) is 5.21. The van der Waals surface area contributed by atoms with Crippen molar-refractivity contribution in [2.45, 2.75) is 37.4 Å². The predicted molar refractivity (Wildman–Crippen MR) is 90.4 cm³/mol. The number of ether oxygens (including phenoxy) is 1. The van der Waals surface area contributed by atoms with E-state index in [1.54, 1.807) is 17.1 Å². The van der Waals surface area contributed by atoms with Crippen LogP contribution in [-0.4, -0.2) is 62.3 Å². The molecular weight excluding hydrogens is 320 g/mol. The fourth-order valence-electron chi connectivity index (χ4n) is 3.78. The highest BCUT2D eigenvalue weighted by Gasteiger charge is 2.40. The van der Waals surface area contributed by atoms with Crippen LogP contribution in [0.2, 0.25) is 0 Å². The molecule has 0 bridgehead atoms. The van der Waals surface area contributed by atoms with Crippen molar-refractivity contribution < 1.29 is 14.6 Å². The van der Waals surface area contributed by atoms with Gasteiger partial charge in [-0.25, -0.2) is 4.68 Å². The molecule has 0 radical (unpaired) electrons. The predicted octanol–water partition coefficient (Wildman–Crippen LogP) is 1.41. The maximum atomic E-state index is 12.8. The zero-order valence-electron chi connectivity index (χ0n) is 14.0. The molecule has 1 spiro atoms. The quantitative estimate of drug-likeness (QED) is 0.893. The Hall–Kier alpha value is -2.25. The summed E-state index contributed by atoms with van der Waals surface area (Å²) < 4.78 is 7.60. The lowest BCUT2D eigenvalue weighted by Gasteiger charge is -2.45. The standard InChI is InChI=1S/C18H22N4O3/c23-16-4-11-25-18(13-16)5-8-21(9-6-18)17(24)14-2-1-3-15(12-14)22-10-7-19-20-22/h1-3,7,10,12,16,23H,4-6,8-9,11,13H2. The molecule has 1 amide bonds. The van der Waals surface area contributed by atoms with Crippen molar-refractivity contribution in [3.63, 3.8) is 0 Å². The topological polar surface area (TPSA) is 80.5 Å². The molecule has 2 aliphatic rings. The van der Waals surface area contributed by atoms with Crippen molar-refractivity contribution in [3.8, 4) is 5.69 Å². The second kappa shape index (κ2) is 6.57. The number of likely N-dealkylation sites (tertiary alicyclic amines) is 1. The van der Waals surface area contributed by atoms with Crippen molar-refractivity contribution in [1.82, 2.24) is 19.9 Å². The first-order valence-corrected chi connectivity index (χ1v) is 8.73. The Morgan fingerprint density at radius 2 is 2.16 bits per heavy atom. The number of piperidine rings is 1. The van der Waals surface area contributed by atoms with E-state index in [4.69, 9.17) is 4.74 Å². The maximum absolute atomic E-state index is 12.8. The van der Waals surface area contributed by atoms with Crippen LogP contribution in [0.25, 0.3) is 5.69 Å². The number of rotatable bonds is 2. The Labute approximate surface area is 146 Å². The van der Waals surface area contributed by atoms with Crippen LogP contribution in [-0.2, 0) is 4.74 Å². The molecule has 1 atom stereocenters. The van der Waals surface area contributed by atoms with Gasteiger partial charge >= 0.3 is 0 Å². The number of hydrogen-bond donors (Lipinski definition) is 1. The summed E-state index contributed by atoms with van der Waals surface area (Å²) in [5.41, 5.74) is 1.21. The Balaban J connectivity index is 1.45. The number of aromatic nitrogens is 3. The van der Waals surface area contributed by atoms with Crippen molar-refractivity contribution >= 4 is 5.91 Å². The summed E-state index contributed by atoms with van der Waals surface area (Å²) in [7, 11) is 0. The van der Waals surface area contributed by atoms with E-state index in [-0.39, 0.29) is 17.6 Å². The zero-order chi connectivity index (χ0) is 17.3. The summed E-state index contributed by atoms with van der Waals surface area (Å²) in [6, 6.07) is 7.42. The van der Waals surface area contributed by atoms with Gasteiger partial charge in [0.15, 0.2) is 0 Å². The molecule has 3 heterocycles. The van der Waals surface area contributed by atoms with Gasteiger partial charge < -0.3 is 14.7 Å². The van der Waals surface area contributed by atoms with Gasteiger partial charge in [-0.2, -0.15) is 0 Å². The summed E-state index contributed by atoms with van der Waals surface area (Å²) in [5, 5.41) is 17.7. The Morgan fingerprint density at radius 1 is 1.32 bits per heavy atom. The van der Waals surface area contributed by atoms with E-state index < -0.39 is 0 Å². The van der Waals surface area contributed by atoms with Crippen molar-refractivity contribution in [1.29, 1.82) is 0 Å². The second-order valence-corrected chi connectivity index (χ2v) is 6.87. The fraction of sp³-hybridized carbons (Fsp3) is 0.500. The molecule has 2 aromatic rings. The number of carbonyl (C=O) groups is 1. The van der Waals surface area contributed by atoms with Crippen molar-refractivity contribution in [2.75, 3.05) is 19.7 Å². The van der Waals surface area contributed by atoms with Gasteiger partial charge in [0.05, 0.1) is 29.8 Å². The third kappa shape index (κ3) is 3.29. The molecule has 7 nitrogen and oxygen atoms in total. The lowest BCUT2D eigenvalue weighted by atomic mass is 9.83. The average Bonchev–Trinajstić information content (AvgIpc) is 3.17. The molecule has 7 heteroatoms. The normalized spacial score (nSPS) is 22.9. The molecule has 0 saturated carbocycles. The molecular formula is C18H22N4O3. The summed E-state index contributed by atoms with van der Waals surface area (Å²) >= 11 is 0. The summed E-state index contributed by atoms with van der Waals surface area (Å²) in [4.78, 5) is 14.7. The molecule has 1 unspecified atom stereocenters. The van der Waals surface area contributed by atoms with Gasteiger partial charge in [0, 0.05) is 31.7 Å². The van der Waals surface area contributed by atoms with Gasteiger partial charge in [-0.3, -0.25) is 4.79 Å². The molecule has 1 N–H and O–H groups in total. The molecule has 0 aliphatic carbocycles. The molecule has 2 fully saturated rings. The van der Waals surface area contributed by atoms with Gasteiger partial charge in [-0.05, 0) is 37.5 Å². The van der Waals surface area contributed by atoms with E-state index in [1.165, 1.54) is 0 Å². The first-order chi connectivity index (χ1) is 12.2. The molecule has 1 aromatic heterocycles. The first kappa shape index (κ1) is 16.2. The van der Waals surface area contributed by atoms with Gasteiger partial charge in [0.2, 0.25) is 0 Å². The number of aliphatic hydroxyl groups excluding tert-OH is 1. The van der Waals surface area contributed by atoms with Crippen LogP contribution in [0.4, 0.5) is 0 Å². The van der Waals surface area contributed by atoms with E-state index >= 15 is 0 Å². The molecule has 2 aliphatic heterocycles. The monoisotopic (exact) mass is 342 g/mol. The highest BCUT2D eigenvalue weighted by molar-refractivity contribution is 5.94. The van der Waals surface area contributed by atoms with E-state index in [0.717, 1.165) is 18.5 Å². The smallest absolute Gasteiger partial charge is 0.253 e. The van der Waals surface area contributed by atoms with Gasteiger partial charge in [-0.15, -0.1) is 5.10 Å². The number of hydrogen-bond acceptors (Lipinski definition) is 5. The molecule has 25 heavy (non-hydrogen) atoms. The van der Waals surface area contributed by atoms with Crippen LogP contribution in [0.15, 0.2) is 36.7 Å². The lowest BCUT2D eigenvalue weighted by molar-refractivity contribution is -0.139. The van der Waals surface area contributed by atoms with Gasteiger partial charge in [0.1, 0.15) is 0 Å². The van der Waals surface area contributed by atoms with Gasteiger partial charge in [0.25, 0.3) is 5.91 Å². The van der Waals surface area contributed by atoms with E-state index in [9.17, 15) is 9.90 Å². The number of amides is 1. The van der Waals surface area contributed by atoms with Crippen molar-refractivity contribution in [3.05, 3.63) is 42.2 Å². The Bertz CT molecular complexity index is 739. The summed E-state index contributed by atoms with van der Waals surface area (Å²) in [5.74, 6) is 0.0215. The van der Waals surface area contributed by atoms with Crippen LogP contribution in [0.1, 0.15) is 36.0 Å². The Kier molecular flexibility index (Phi) is 4.27. The number of aliphatic hydroxyl groups is 1. The van der Waals surface area contributed by atoms with E-state index in [1.807, 2.05) is 29.2 Å². The largest absolute Gasteiger partial charge is 0.393 e. The van der Waals surface area contributed by atoms with Crippen LogP contribution in [0, 0.1) is 0 Å². The van der Waals surface area contributed by atoms with Crippen LogP contribution < -0.4 is 0 Å². The van der Waals surface area contributed by atoms with E-state index in [2.05, 4.69) is 10.3 Å². The highest BCUT2D eigenvalue weighted by Crippen LogP contribution is 2.35. The van der Waals surface area contributed by atoms with E-state index in [0.29, 0.717) is 38.1 Å². The lowest BCUT2D eigenvalue weighted by Crippen LogP contribution is -2.51. The minimum atomic E-state index is -0.282. The van der Waals surface area contributed by atoms with Gasteiger partial charge in [-0.1, -0.05) is 11.3 Å². The molecule has 4 rings (SSSR count). The summed E-state index contributed by atoms with van der Waals surface area (Å²) in [6.45, 7) is 1.91. The fourth-order valence-corrected chi connectivity index (χ4v) is 3.78. The molecule has 132 valence electrons. The average molecular weight is 342 g/mol. The minimum absolute atomic E-state index is 0.0215. The van der Waals surface area contributed by atoms with Crippen molar-refractivity contribution in [2.24, 2.45) is 0 Å².